The predicted octanol–water partition coefficient (Wildman–Crippen LogP) is 2.30. The number of aryl methyl sites for hydroxylation is 1. The lowest BCUT2D eigenvalue weighted by Gasteiger charge is -2.16. The summed E-state index contributed by atoms with van der Waals surface area (Å²) in [6.45, 7) is 4.96. The molecule has 0 amide bonds. The van der Waals surface area contributed by atoms with E-state index < -0.39 is 5.69 Å². The highest BCUT2D eigenvalue weighted by atomic mass is 35.5. The van der Waals surface area contributed by atoms with Gasteiger partial charge in [-0.25, -0.2) is 4.79 Å². The van der Waals surface area contributed by atoms with Crippen molar-refractivity contribution in [3.05, 3.63) is 26.1 Å². The van der Waals surface area contributed by atoms with Crippen molar-refractivity contribution in [2.75, 3.05) is 0 Å². The van der Waals surface area contributed by atoms with Crippen LogP contribution in [0.4, 0.5) is 0 Å². The van der Waals surface area contributed by atoms with E-state index in [9.17, 15) is 9.59 Å². The van der Waals surface area contributed by atoms with Crippen LogP contribution in [0.15, 0.2) is 9.59 Å². The highest BCUT2D eigenvalue weighted by Crippen LogP contribution is 2.21. The van der Waals surface area contributed by atoms with Gasteiger partial charge in [0.05, 0.1) is 0 Å². The molecule has 0 fully saturated rings. The van der Waals surface area contributed by atoms with Crippen LogP contribution < -0.4 is 11.2 Å². The first kappa shape index (κ1) is 16.8. The van der Waals surface area contributed by atoms with Crippen LogP contribution in [0.2, 0.25) is 5.28 Å². The SMILES string of the molecule is CCCC[C@@H](CC)Cn1c(Cl)nc2c1c(=O)n(C)c(=O)n2C. The predicted molar refractivity (Wildman–Crippen MR) is 88.5 cm³/mol. The van der Waals surface area contributed by atoms with E-state index >= 15 is 0 Å². The summed E-state index contributed by atoms with van der Waals surface area (Å²) in [5, 5.41) is 0.267. The highest BCUT2D eigenvalue weighted by Gasteiger charge is 2.20. The van der Waals surface area contributed by atoms with Crippen molar-refractivity contribution in [2.45, 2.75) is 46.1 Å². The van der Waals surface area contributed by atoms with E-state index in [4.69, 9.17) is 11.6 Å². The van der Waals surface area contributed by atoms with Crippen molar-refractivity contribution in [1.29, 1.82) is 0 Å². The number of unbranched alkanes of at least 4 members (excludes halogenated alkanes) is 1. The Labute approximate surface area is 134 Å². The summed E-state index contributed by atoms with van der Waals surface area (Å²) in [6.07, 6.45) is 4.40. The molecule has 0 aliphatic rings. The van der Waals surface area contributed by atoms with Gasteiger partial charge in [0.15, 0.2) is 11.2 Å². The van der Waals surface area contributed by atoms with Gasteiger partial charge in [0.1, 0.15) is 0 Å². The van der Waals surface area contributed by atoms with Crippen LogP contribution in [0.3, 0.4) is 0 Å². The fraction of sp³-hybridized carbons (Fsp3) is 0.667. The average Bonchev–Trinajstić information content (AvgIpc) is 2.84. The fourth-order valence-corrected chi connectivity index (χ4v) is 3.00. The molecule has 0 saturated carbocycles. The number of fused-ring (bicyclic) bond motifs is 1. The van der Waals surface area contributed by atoms with Crippen LogP contribution in [-0.4, -0.2) is 18.7 Å². The second-order valence-corrected chi connectivity index (χ2v) is 6.12. The number of hydrogen-bond acceptors (Lipinski definition) is 3. The molecule has 0 saturated heterocycles. The van der Waals surface area contributed by atoms with Gasteiger partial charge in [0.2, 0.25) is 5.28 Å². The summed E-state index contributed by atoms with van der Waals surface area (Å²) in [7, 11) is 3.08. The maximum Gasteiger partial charge on any atom is 0.332 e. The molecule has 0 aliphatic carbocycles. The summed E-state index contributed by atoms with van der Waals surface area (Å²) in [6, 6.07) is 0. The quantitative estimate of drug-likeness (QED) is 0.765. The second-order valence-electron chi connectivity index (χ2n) is 5.79. The molecular formula is C15H23ClN4O2. The van der Waals surface area contributed by atoms with Gasteiger partial charge in [-0.2, -0.15) is 4.98 Å². The number of nitrogens with zero attached hydrogens (tertiary/aromatic N) is 4. The Balaban J connectivity index is 2.57. The van der Waals surface area contributed by atoms with Gasteiger partial charge in [-0.15, -0.1) is 0 Å². The monoisotopic (exact) mass is 326 g/mol. The van der Waals surface area contributed by atoms with E-state index in [1.54, 1.807) is 11.6 Å². The van der Waals surface area contributed by atoms with Crippen LogP contribution in [0.1, 0.15) is 39.5 Å². The summed E-state index contributed by atoms with van der Waals surface area (Å²) in [4.78, 5) is 28.6. The Morgan fingerprint density at radius 1 is 1.18 bits per heavy atom. The molecular weight excluding hydrogens is 304 g/mol. The first-order chi connectivity index (χ1) is 10.4. The minimum Gasteiger partial charge on any atom is -0.308 e. The van der Waals surface area contributed by atoms with Crippen LogP contribution in [0.5, 0.6) is 0 Å². The maximum atomic E-state index is 12.4. The summed E-state index contributed by atoms with van der Waals surface area (Å²) < 4.78 is 4.22. The third-order valence-corrected chi connectivity index (χ3v) is 4.57. The third-order valence-electron chi connectivity index (χ3n) is 4.29. The van der Waals surface area contributed by atoms with Crippen molar-refractivity contribution < 1.29 is 0 Å². The molecule has 0 unspecified atom stereocenters. The van der Waals surface area contributed by atoms with Crippen molar-refractivity contribution in [1.82, 2.24) is 18.7 Å². The molecule has 0 bridgehead atoms. The Morgan fingerprint density at radius 2 is 1.86 bits per heavy atom. The number of hydrogen-bond donors (Lipinski definition) is 0. The molecule has 0 radical (unpaired) electrons. The normalized spacial score (nSPS) is 13.0. The van der Waals surface area contributed by atoms with Gasteiger partial charge in [-0.3, -0.25) is 13.9 Å². The van der Waals surface area contributed by atoms with E-state index in [1.165, 1.54) is 11.6 Å². The van der Waals surface area contributed by atoms with Crippen molar-refractivity contribution in [2.24, 2.45) is 20.0 Å². The Kier molecular flexibility index (Phi) is 5.11. The molecule has 2 aromatic heterocycles. The van der Waals surface area contributed by atoms with Crippen LogP contribution in [0, 0.1) is 5.92 Å². The fourth-order valence-electron chi connectivity index (χ4n) is 2.76. The van der Waals surface area contributed by atoms with Gasteiger partial charge in [-0.1, -0.05) is 33.1 Å². The van der Waals surface area contributed by atoms with Gasteiger partial charge >= 0.3 is 5.69 Å². The molecule has 1 atom stereocenters. The van der Waals surface area contributed by atoms with Gasteiger partial charge in [0, 0.05) is 20.6 Å². The first-order valence-electron chi connectivity index (χ1n) is 7.74. The lowest BCUT2D eigenvalue weighted by Crippen LogP contribution is -2.37. The van der Waals surface area contributed by atoms with Crippen molar-refractivity contribution in [3.63, 3.8) is 0 Å². The second kappa shape index (κ2) is 6.69. The molecule has 22 heavy (non-hydrogen) atoms. The maximum absolute atomic E-state index is 12.4. The zero-order valence-electron chi connectivity index (χ0n) is 13.6. The Morgan fingerprint density at radius 3 is 2.45 bits per heavy atom. The highest BCUT2D eigenvalue weighted by molar-refractivity contribution is 6.29. The molecule has 2 rings (SSSR count). The van der Waals surface area contributed by atoms with Crippen molar-refractivity contribution >= 4 is 22.8 Å². The first-order valence-corrected chi connectivity index (χ1v) is 8.11. The standard InChI is InChI=1S/C15H23ClN4O2/c1-5-7-8-10(6-2)9-20-11-12(17-14(20)16)18(3)15(22)19(4)13(11)21/h10H,5-9H2,1-4H3/t10-/m1/s1. The molecule has 2 heterocycles. The molecule has 0 spiro atoms. The van der Waals surface area contributed by atoms with E-state index in [2.05, 4.69) is 18.8 Å². The van der Waals surface area contributed by atoms with Crippen LogP contribution in [0.25, 0.3) is 11.2 Å². The lowest BCUT2D eigenvalue weighted by atomic mass is 9.99. The van der Waals surface area contributed by atoms with Gasteiger partial charge in [-0.05, 0) is 23.9 Å². The third kappa shape index (κ3) is 2.84. The van der Waals surface area contributed by atoms with E-state index in [0.29, 0.717) is 23.6 Å². The molecule has 0 aromatic carbocycles. The molecule has 7 heteroatoms. The van der Waals surface area contributed by atoms with Gasteiger partial charge < -0.3 is 4.57 Å². The lowest BCUT2D eigenvalue weighted by molar-refractivity contribution is 0.395. The van der Waals surface area contributed by atoms with Crippen molar-refractivity contribution in [3.8, 4) is 0 Å². The Bertz CT molecular complexity index is 787. The number of rotatable bonds is 6. The minimum absolute atomic E-state index is 0.267. The zero-order valence-corrected chi connectivity index (χ0v) is 14.4. The molecule has 0 N–H and O–H groups in total. The topological polar surface area (TPSA) is 61.8 Å². The number of aromatic nitrogens is 4. The number of imidazole rings is 1. The Hall–Kier alpha value is -1.56. The molecule has 2 aromatic rings. The van der Waals surface area contributed by atoms with E-state index in [1.807, 2.05) is 0 Å². The molecule has 6 nitrogen and oxygen atoms in total. The van der Waals surface area contributed by atoms with Crippen LogP contribution >= 0.6 is 11.6 Å². The molecule has 0 aliphatic heterocycles. The number of halogens is 1. The van der Waals surface area contributed by atoms with Gasteiger partial charge in [0.25, 0.3) is 5.56 Å². The van der Waals surface area contributed by atoms with E-state index in [-0.39, 0.29) is 10.8 Å². The smallest absolute Gasteiger partial charge is 0.308 e. The summed E-state index contributed by atoms with van der Waals surface area (Å²) in [5.41, 5.74) is 0.0210. The largest absolute Gasteiger partial charge is 0.332 e. The van der Waals surface area contributed by atoms with Crippen LogP contribution in [-0.2, 0) is 20.6 Å². The molecule has 122 valence electrons. The summed E-state index contributed by atoms with van der Waals surface area (Å²) in [5.74, 6) is 0.441. The average molecular weight is 327 g/mol. The minimum atomic E-state index is -0.392. The zero-order chi connectivity index (χ0) is 16.4. The van der Waals surface area contributed by atoms with E-state index in [0.717, 1.165) is 30.3 Å². The summed E-state index contributed by atoms with van der Waals surface area (Å²) >= 11 is 6.24.